The van der Waals surface area contributed by atoms with E-state index in [1.54, 1.807) is 13.3 Å². The number of ether oxygens (including phenoxy) is 1. The average Bonchev–Trinajstić information content (AvgIpc) is 2.05. The van der Waals surface area contributed by atoms with E-state index in [9.17, 15) is 0 Å². The Kier molecular flexibility index (Phi) is 2.63. The van der Waals surface area contributed by atoms with Crippen LogP contribution in [0.5, 0.6) is 5.88 Å². The maximum atomic E-state index is 8.25. The molecule has 4 nitrogen and oxygen atoms in total. The molecule has 12 heavy (non-hydrogen) atoms. The Morgan fingerprint density at radius 3 is 2.92 bits per heavy atom. The van der Waals surface area contributed by atoms with E-state index in [0.29, 0.717) is 5.88 Å². The van der Waals surface area contributed by atoms with Crippen LogP contribution in [0.25, 0.3) is 0 Å². The molecule has 0 aliphatic rings. The van der Waals surface area contributed by atoms with Crippen LogP contribution in [0.4, 0.5) is 0 Å². The molecule has 0 aromatic carbocycles. The van der Waals surface area contributed by atoms with Crippen molar-refractivity contribution in [1.82, 2.24) is 4.98 Å². The van der Waals surface area contributed by atoms with Crippen molar-refractivity contribution in [2.75, 3.05) is 7.11 Å². The van der Waals surface area contributed by atoms with Gasteiger partial charge in [0.2, 0.25) is 5.88 Å². The number of hydrogen-bond donors (Lipinski definition) is 1. The molecule has 0 aliphatic heterocycles. The molecule has 1 aromatic rings. The largest absolute Gasteiger partial charge is 0.481 e. The molecule has 0 radical (unpaired) electrons. The van der Waals surface area contributed by atoms with Crippen molar-refractivity contribution < 1.29 is 9.94 Å². The van der Waals surface area contributed by atoms with Gasteiger partial charge in [-0.2, -0.15) is 0 Å². The van der Waals surface area contributed by atoms with Crippen molar-refractivity contribution in [2.24, 2.45) is 5.16 Å². The lowest BCUT2D eigenvalue weighted by atomic mass is 10.2. The third kappa shape index (κ3) is 1.72. The van der Waals surface area contributed by atoms with Gasteiger partial charge in [-0.3, -0.25) is 0 Å². The van der Waals surface area contributed by atoms with Crippen molar-refractivity contribution in [1.29, 1.82) is 0 Å². The lowest BCUT2D eigenvalue weighted by Crippen LogP contribution is -1.93. The fraction of sp³-hybridized carbons (Fsp3) is 0.250. The highest BCUT2D eigenvalue weighted by Gasteiger charge is 1.98. The summed E-state index contributed by atoms with van der Waals surface area (Å²) in [6.45, 7) is 1.88. The summed E-state index contributed by atoms with van der Waals surface area (Å²) in [5.74, 6) is 0.588. The Balaban J connectivity index is 3.01. The molecule has 0 unspecified atom stereocenters. The highest BCUT2D eigenvalue weighted by atomic mass is 16.5. The van der Waals surface area contributed by atoms with Crippen LogP contribution in [0, 0.1) is 6.92 Å². The van der Waals surface area contributed by atoms with Crippen LogP contribution in [0.3, 0.4) is 0 Å². The second kappa shape index (κ2) is 3.71. The molecular formula is C8H10N2O2. The van der Waals surface area contributed by atoms with Crippen LogP contribution in [0.1, 0.15) is 11.1 Å². The van der Waals surface area contributed by atoms with Gasteiger partial charge in [0.15, 0.2) is 0 Å². The van der Waals surface area contributed by atoms with Gasteiger partial charge in [-0.05, 0) is 13.0 Å². The molecule has 0 saturated carbocycles. The molecule has 0 amide bonds. The smallest absolute Gasteiger partial charge is 0.215 e. The van der Waals surface area contributed by atoms with Crippen molar-refractivity contribution >= 4 is 6.21 Å². The second-order valence-electron chi connectivity index (χ2n) is 2.34. The SMILES string of the molecule is COc1ncc(/C=N/O)cc1C. The van der Waals surface area contributed by atoms with Gasteiger partial charge >= 0.3 is 0 Å². The summed E-state index contributed by atoms with van der Waals surface area (Å²) < 4.78 is 4.96. The number of rotatable bonds is 2. The molecule has 1 rings (SSSR count). The minimum atomic E-state index is 0.588. The Labute approximate surface area is 70.5 Å². The van der Waals surface area contributed by atoms with Gasteiger partial charge in [0.05, 0.1) is 13.3 Å². The summed E-state index contributed by atoms with van der Waals surface area (Å²) in [5, 5.41) is 11.1. The van der Waals surface area contributed by atoms with E-state index >= 15 is 0 Å². The molecule has 0 saturated heterocycles. The first kappa shape index (κ1) is 8.52. The molecule has 1 N–H and O–H groups in total. The molecule has 0 bridgehead atoms. The third-order valence-electron chi connectivity index (χ3n) is 1.45. The van der Waals surface area contributed by atoms with Crippen molar-refractivity contribution in [3.8, 4) is 5.88 Å². The first-order valence-electron chi connectivity index (χ1n) is 3.46. The number of methoxy groups -OCH3 is 1. The van der Waals surface area contributed by atoms with E-state index in [-0.39, 0.29) is 0 Å². The van der Waals surface area contributed by atoms with E-state index in [0.717, 1.165) is 11.1 Å². The van der Waals surface area contributed by atoms with E-state index in [4.69, 9.17) is 9.94 Å². The van der Waals surface area contributed by atoms with Crippen LogP contribution in [0.2, 0.25) is 0 Å². The monoisotopic (exact) mass is 166 g/mol. The summed E-state index contributed by atoms with van der Waals surface area (Å²) in [6.07, 6.45) is 2.89. The summed E-state index contributed by atoms with van der Waals surface area (Å²) in [6, 6.07) is 1.82. The minimum absolute atomic E-state index is 0.588. The Hall–Kier alpha value is -1.58. The Morgan fingerprint density at radius 2 is 2.42 bits per heavy atom. The summed E-state index contributed by atoms with van der Waals surface area (Å²) >= 11 is 0. The molecule has 0 atom stereocenters. The average molecular weight is 166 g/mol. The van der Waals surface area contributed by atoms with Crippen molar-refractivity contribution in [3.05, 3.63) is 23.4 Å². The van der Waals surface area contributed by atoms with E-state index in [2.05, 4.69) is 10.1 Å². The standard InChI is InChI=1S/C8H10N2O2/c1-6-3-7(5-10-11)4-9-8(6)12-2/h3-5,11H,1-2H3/b10-5+. The number of hydrogen-bond acceptors (Lipinski definition) is 4. The first-order chi connectivity index (χ1) is 5.77. The lowest BCUT2D eigenvalue weighted by Gasteiger charge is -2.02. The lowest BCUT2D eigenvalue weighted by molar-refractivity contribution is 0.322. The van der Waals surface area contributed by atoms with Crippen LogP contribution in [-0.4, -0.2) is 23.5 Å². The molecule has 0 fully saturated rings. The van der Waals surface area contributed by atoms with Gasteiger partial charge in [0.1, 0.15) is 0 Å². The van der Waals surface area contributed by atoms with Crippen LogP contribution >= 0.6 is 0 Å². The number of aromatic nitrogens is 1. The van der Waals surface area contributed by atoms with Gasteiger partial charge in [0.25, 0.3) is 0 Å². The molecule has 0 aliphatic carbocycles. The minimum Gasteiger partial charge on any atom is -0.481 e. The maximum absolute atomic E-state index is 8.25. The van der Waals surface area contributed by atoms with Gasteiger partial charge in [0, 0.05) is 17.3 Å². The van der Waals surface area contributed by atoms with Gasteiger partial charge in [-0.25, -0.2) is 4.98 Å². The number of pyridine rings is 1. The second-order valence-corrected chi connectivity index (χ2v) is 2.34. The molecule has 1 heterocycles. The first-order valence-corrected chi connectivity index (χ1v) is 3.46. The van der Waals surface area contributed by atoms with E-state index < -0.39 is 0 Å². The summed E-state index contributed by atoms with van der Waals surface area (Å²) in [4.78, 5) is 3.99. The predicted molar refractivity (Wildman–Crippen MR) is 44.9 cm³/mol. The zero-order chi connectivity index (χ0) is 8.97. The molecule has 1 aromatic heterocycles. The summed E-state index contributed by atoms with van der Waals surface area (Å²) in [7, 11) is 1.56. The fourth-order valence-corrected chi connectivity index (χ4v) is 0.935. The maximum Gasteiger partial charge on any atom is 0.215 e. The normalized spacial score (nSPS) is 10.5. The highest BCUT2D eigenvalue weighted by molar-refractivity contribution is 5.78. The Bertz CT molecular complexity index is 297. The summed E-state index contributed by atoms with van der Waals surface area (Å²) in [5.41, 5.74) is 1.66. The van der Waals surface area contributed by atoms with Gasteiger partial charge in [-0.1, -0.05) is 5.16 Å². The number of aryl methyl sites for hydroxylation is 1. The molecule has 4 heteroatoms. The molecular weight excluding hydrogens is 156 g/mol. The number of oxime groups is 1. The molecule has 0 spiro atoms. The third-order valence-corrected chi connectivity index (χ3v) is 1.45. The van der Waals surface area contributed by atoms with Crippen LogP contribution in [0.15, 0.2) is 17.4 Å². The quantitative estimate of drug-likeness (QED) is 0.408. The van der Waals surface area contributed by atoms with Crippen molar-refractivity contribution in [2.45, 2.75) is 6.92 Å². The van der Waals surface area contributed by atoms with Crippen LogP contribution in [-0.2, 0) is 0 Å². The zero-order valence-electron chi connectivity index (χ0n) is 6.98. The van der Waals surface area contributed by atoms with Gasteiger partial charge in [-0.15, -0.1) is 0 Å². The molecule has 64 valence electrons. The topological polar surface area (TPSA) is 54.7 Å². The fourth-order valence-electron chi connectivity index (χ4n) is 0.935. The van der Waals surface area contributed by atoms with Crippen molar-refractivity contribution in [3.63, 3.8) is 0 Å². The Morgan fingerprint density at radius 1 is 1.67 bits per heavy atom. The van der Waals surface area contributed by atoms with Gasteiger partial charge < -0.3 is 9.94 Å². The van der Waals surface area contributed by atoms with E-state index in [1.165, 1.54) is 6.21 Å². The van der Waals surface area contributed by atoms with E-state index in [1.807, 2.05) is 13.0 Å². The van der Waals surface area contributed by atoms with Crippen LogP contribution < -0.4 is 4.74 Å². The highest BCUT2D eigenvalue weighted by Crippen LogP contribution is 2.13. The predicted octanol–water partition coefficient (Wildman–Crippen LogP) is 1.21. The zero-order valence-corrected chi connectivity index (χ0v) is 6.98. The number of nitrogens with zero attached hydrogens (tertiary/aromatic N) is 2.